The summed E-state index contributed by atoms with van der Waals surface area (Å²) in [5, 5.41) is 4.93. The first-order valence-electron chi connectivity index (χ1n) is 10.2. The van der Waals surface area contributed by atoms with Gasteiger partial charge >= 0.3 is 0 Å². The Morgan fingerprint density at radius 1 is 1.03 bits per heavy atom. The summed E-state index contributed by atoms with van der Waals surface area (Å²) in [6, 6.07) is 22.0. The number of benzene rings is 2. The first-order chi connectivity index (χ1) is 15.1. The molecule has 156 valence electrons. The fourth-order valence-corrected chi connectivity index (χ4v) is 3.68. The number of hydrogen-bond donors (Lipinski definition) is 2. The number of aromatic nitrogens is 2. The second kappa shape index (κ2) is 9.53. The van der Waals surface area contributed by atoms with Crippen LogP contribution in [0.3, 0.4) is 0 Å². The van der Waals surface area contributed by atoms with E-state index in [4.69, 9.17) is 12.2 Å². The number of nitrogens with one attached hydrogen (secondary N) is 2. The molecule has 2 N–H and O–H groups in total. The number of aromatic amines is 1. The van der Waals surface area contributed by atoms with Crippen LogP contribution >= 0.6 is 12.2 Å². The number of H-pyrrole nitrogens is 1. The maximum atomic E-state index is 12.8. The summed E-state index contributed by atoms with van der Waals surface area (Å²) < 4.78 is 0. The minimum Gasteiger partial charge on any atom is -0.358 e. The summed E-state index contributed by atoms with van der Waals surface area (Å²) in [5.41, 5.74) is 4.70. The summed E-state index contributed by atoms with van der Waals surface area (Å²) in [4.78, 5) is 22.0. The molecule has 0 aliphatic carbocycles. The number of pyridine rings is 2. The lowest BCUT2D eigenvalue weighted by molar-refractivity contribution is 0.396. The van der Waals surface area contributed by atoms with E-state index in [1.54, 1.807) is 6.20 Å². The van der Waals surface area contributed by atoms with Crippen LogP contribution in [0.15, 0.2) is 83.9 Å². The lowest BCUT2D eigenvalue weighted by Gasteiger charge is -2.26. The molecule has 2 heterocycles. The summed E-state index contributed by atoms with van der Waals surface area (Å²) in [6.45, 7) is 3.59. The van der Waals surface area contributed by atoms with Gasteiger partial charge in [-0.1, -0.05) is 48.5 Å². The third-order valence-corrected chi connectivity index (χ3v) is 5.51. The van der Waals surface area contributed by atoms with Gasteiger partial charge in [-0.05, 0) is 59.4 Å². The highest BCUT2D eigenvalue weighted by molar-refractivity contribution is 7.80. The van der Waals surface area contributed by atoms with Crippen LogP contribution in [0.2, 0.25) is 0 Å². The lowest BCUT2D eigenvalue weighted by atomic mass is 10.1. The Morgan fingerprint density at radius 3 is 2.61 bits per heavy atom. The normalized spacial score (nSPS) is 10.7. The fourth-order valence-electron chi connectivity index (χ4n) is 3.48. The molecule has 31 heavy (non-hydrogen) atoms. The van der Waals surface area contributed by atoms with Gasteiger partial charge in [-0.15, -0.1) is 0 Å². The van der Waals surface area contributed by atoms with Gasteiger partial charge in [0, 0.05) is 36.6 Å². The van der Waals surface area contributed by atoms with Gasteiger partial charge in [0.25, 0.3) is 5.56 Å². The molecule has 4 rings (SSSR count). The highest BCUT2D eigenvalue weighted by Crippen LogP contribution is 2.15. The van der Waals surface area contributed by atoms with Gasteiger partial charge in [0.2, 0.25) is 0 Å². The SMILES string of the molecule is Cc1ccc2cc(CN(Cc3cccnc3)C(=S)NCc3ccccc3)c(=O)[nH]c2c1. The Morgan fingerprint density at radius 2 is 1.84 bits per heavy atom. The van der Waals surface area contributed by atoms with E-state index in [2.05, 4.69) is 27.4 Å². The molecule has 5 nitrogen and oxygen atoms in total. The van der Waals surface area contributed by atoms with Gasteiger partial charge in [-0.3, -0.25) is 9.78 Å². The second-order valence-electron chi connectivity index (χ2n) is 7.58. The predicted molar refractivity (Wildman–Crippen MR) is 129 cm³/mol. The number of hydrogen-bond acceptors (Lipinski definition) is 3. The van der Waals surface area contributed by atoms with Crippen molar-refractivity contribution in [3.05, 3.63) is 112 Å². The average Bonchev–Trinajstić information content (AvgIpc) is 2.79. The van der Waals surface area contributed by atoms with E-state index in [0.29, 0.717) is 30.3 Å². The van der Waals surface area contributed by atoms with E-state index >= 15 is 0 Å². The van der Waals surface area contributed by atoms with E-state index < -0.39 is 0 Å². The molecule has 0 spiro atoms. The molecule has 0 bridgehead atoms. The molecule has 0 fully saturated rings. The van der Waals surface area contributed by atoms with Crippen LogP contribution in [-0.2, 0) is 19.6 Å². The van der Waals surface area contributed by atoms with E-state index in [-0.39, 0.29) is 5.56 Å². The molecule has 4 aromatic rings. The van der Waals surface area contributed by atoms with Crippen molar-refractivity contribution in [2.75, 3.05) is 0 Å². The maximum absolute atomic E-state index is 12.8. The summed E-state index contributed by atoms with van der Waals surface area (Å²) in [7, 11) is 0. The van der Waals surface area contributed by atoms with Crippen LogP contribution < -0.4 is 10.9 Å². The van der Waals surface area contributed by atoms with E-state index in [0.717, 1.165) is 27.6 Å². The van der Waals surface area contributed by atoms with Gasteiger partial charge in [0.05, 0.1) is 6.54 Å². The second-order valence-corrected chi connectivity index (χ2v) is 7.96. The molecule has 0 aliphatic rings. The molecule has 2 aromatic carbocycles. The number of rotatable bonds is 6. The first-order valence-corrected chi connectivity index (χ1v) is 10.6. The Kier molecular flexibility index (Phi) is 6.38. The van der Waals surface area contributed by atoms with Crippen molar-refractivity contribution >= 4 is 28.2 Å². The zero-order chi connectivity index (χ0) is 21.6. The predicted octanol–water partition coefficient (Wildman–Crippen LogP) is 4.31. The molecule has 0 atom stereocenters. The molecular weight excluding hydrogens is 404 g/mol. The van der Waals surface area contributed by atoms with Gasteiger partial charge in [0.1, 0.15) is 0 Å². The highest BCUT2D eigenvalue weighted by atomic mass is 32.1. The quantitative estimate of drug-likeness (QED) is 0.448. The zero-order valence-corrected chi connectivity index (χ0v) is 18.2. The third kappa shape index (κ3) is 5.35. The molecule has 0 radical (unpaired) electrons. The number of fused-ring (bicyclic) bond motifs is 1. The van der Waals surface area contributed by atoms with Crippen LogP contribution in [-0.4, -0.2) is 20.0 Å². The summed E-state index contributed by atoms with van der Waals surface area (Å²) >= 11 is 5.71. The van der Waals surface area contributed by atoms with Crippen molar-refractivity contribution in [1.29, 1.82) is 0 Å². The first kappa shape index (κ1) is 20.8. The molecular formula is C25H24N4OS. The van der Waals surface area contributed by atoms with Crippen LogP contribution in [0.1, 0.15) is 22.3 Å². The zero-order valence-electron chi connectivity index (χ0n) is 17.3. The van der Waals surface area contributed by atoms with Gasteiger partial charge < -0.3 is 15.2 Å². The van der Waals surface area contributed by atoms with Crippen LogP contribution in [0.4, 0.5) is 0 Å². The number of thiocarbonyl (C=S) groups is 1. The van der Waals surface area contributed by atoms with Crippen LogP contribution in [0.5, 0.6) is 0 Å². The Labute approximate surface area is 186 Å². The van der Waals surface area contributed by atoms with Crippen molar-refractivity contribution in [1.82, 2.24) is 20.2 Å². The van der Waals surface area contributed by atoms with Gasteiger partial charge in [-0.25, -0.2) is 0 Å². The summed E-state index contributed by atoms with van der Waals surface area (Å²) in [5.74, 6) is 0. The average molecular weight is 429 g/mol. The summed E-state index contributed by atoms with van der Waals surface area (Å²) in [6.07, 6.45) is 3.57. The molecule has 0 saturated heterocycles. The van der Waals surface area contributed by atoms with Crippen molar-refractivity contribution in [3.8, 4) is 0 Å². The molecule has 6 heteroatoms. The van der Waals surface area contributed by atoms with Crippen LogP contribution in [0, 0.1) is 6.92 Å². The molecule has 2 aromatic heterocycles. The third-order valence-electron chi connectivity index (χ3n) is 5.11. The molecule has 0 amide bonds. The lowest BCUT2D eigenvalue weighted by Crippen LogP contribution is -2.39. The number of aryl methyl sites for hydroxylation is 1. The van der Waals surface area contributed by atoms with Crippen molar-refractivity contribution in [2.24, 2.45) is 0 Å². The Hall–Kier alpha value is -3.51. The monoisotopic (exact) mass is 428 g/mol. The number of nitrogens with zero attached hydrogens (tertiary/aromatic N) is 2. The Balaban J connectivity index is 1.58. The fraction of sp³-hybridized carbons (Fsp3) is 0.160. The standard InChI is InChI=1S/C25H24N4OS/c1-18-9-10-21-13-22(24(30)28-23(21)12-18)17-29(16-20-8-5-11-26-14-20)25(31)27-15-19-6-3-2-4-7-19/h2-14H,15-17H2,1H3,(H,27,31)(H,28,30). The van der Waals surface area contributed by atoms with E-state index in [1.165, 1.54) is 0 Å². The highest BCUT2D eigenvalue weighted by Gasteiger charge is 2.14. The maximum Gasteiger partial charge on any atom is 0.253 e. The topological polar surface area (TPSA) is 61.0 Å². The van der Waals surface area contributed by atoms with Crippen molar-refractivity contribution in [2.45, 2.75) is 26.6 Å². The smallest absolute Gasteiger partial charge is 0.253 e. The largest absolute Gasteiger partial charge is 0.358 e. The Bertz CT molecular complexity index is 1240. The molecule has 0 aliphatic heterocycles. The van der Waals surface area contributed by atoms with E-state index in [1.807, 2.05) is 72.6 Å². The minimum atomic E-state index is -0.0971. The molecule has 0 saturated carbocycles. The molecule has 0 unspecified atom stereocenters. The minimum absolute atomic E-state index is 0.0971. The van der Waals surface area contributed by atoms with Crippen molar-refractivity contribution < 1.29 is 0 Å². The van der Waals surface area contributed by atoms with Gasteiger partial charge in [0.15, 0.2) is 5.11 Å². The van der Waals surface area contributed by atoms with Crippen LogP contribution in [0.25, 0.3) is 10.9 Å². The van der Waals surface area contributed by atoms with E-state index in [9.17, 15) is 4.79 Å². The van der Waals surface area contributed by atoms with Crippen molar-refractivity contribution in [3.63, 3.8) is 0 Å². The van der Waals surface area contributed by atoms with Gasteiger partial charge in [-0.2, -0.15) is 0 Å².